The number of thioether (sulfide) groups is 2. The fourth-order valence-corrected chi connectivity index (χ4v) is 4.75. The molecule has 6 heteroatoms. The summed E-state index contributed by atoms with van der Waals surface area (Å²) in [5, 5.41) is 3.10. The summed E-state index contributed by atoms with van der Waals surface area (Å²) in [5.74, 6) is 0.923. The smallest absolute Gasteiger partial charge is 0.236 e. The SMILES string of the molecule is CSCC[C@H](N)C(=O)NCC1(Sc2ccccc2)CCCC1.Cl. The predicted octanol–water partition coefficient (Wildman–Crippen LogP) is 3.71. The second-order valence-corrected chi connectivity index (χ2v) is 8.44. The van der Waals surface area contributed by atoms with Gasteiger partial charge < -0.3 is 11.1 Å². The third-order valence-electron chi connectivity index (χ3n) is 4.15. The highest BCUT2D eigenvalue weighted by Crippen LogP contribution is 2.44. The van der Waals surface area contributed by atoms with Crippen LogP contribution in [0.5, 0.6) is 0 Å². The summed E-state index contributed by atoms with van der Waals surface area (Å²) in [7, 11) is 0. The second-order valence-electron chi connectivity index (χ2n) is 5.91. The van der Waals surface area contributed by atoms with E-state index in [1.807, 2.05) is 24.1 Å². The molecule has 3 nitrogen and oxygen atoms in total. The predicted molar refractivity (Wildman–Crippen MR) is 105 cm³/mol. The molecular weight excluding hydrogens is 348 g/mol. The minimum atomic E-state index is -0.382. The van der Waals surface area contributed by atoms with Crippen molar-refractivity contribution in [1.82, 2.24) is 5.32 Å². The molecule has 0 radical (unpaired) electrons. The van der Waals surface area contributed by atoms with E-state index in [-0.39, 0.29) is 29.1 Å². The highest BCUT2D eigenvalue weighted by atomic mass is 35.5. The first-order chi connectivity index (χ1) is 10.7. The number of halogens is 1. The van der Waals surface area contributed by atoms with Crippen molar-refractivity contribution < 1.29 is 4.79 Å². The van der Waals surface area contributed by atoms with Crippen LogP contribution in [0.15, 0.2) is 35.2 Å². The second kappa shape index (κ2) is 10.5. The van der Waals surface area contributed by atoms with Crippen LogP contribution < -0.4 is 11.1 Å². The maximum atomic E-state index is 12.1. The van der Waals surface area contributed by atoms with Gasteiger partial charge in [0.1, 0.15) is 0 Å². The number of hydrogen-bond donors (Lipinski definition) is 2. The largest absolute Gasteiger partial charge is 0.353 e. The first kappa shape index (κ1) is 20.7. The topological polar surface area (TPSA) is 55.1 Å². The molecule has 0 unspecified atom stereocenters. The van der Waals surface area contributed by atoms with Crippen LogP contribution in [0.4, 0.5) is 0 Å². The molecule has 23 heavy (non-hydrogen) atoms. The molecule has 3 N–H and O–H groups in total. The Bertz CT molecular complexity index is 467. The first-order valence-electron chi connectivity index (χ1n) is 7.91. The van der Waals surface area contributed by atoms with E-state index in [9.17, 15) is 4.79 Å². The standard InChI is InChI=1S/C17H26N2OS2.ClH/c1-21-12-9-15(18)16(20)19-13-17(10-5-6-11-17)22-14-7-3-2-4-8-14;/h2-4,7-8,15H,5-6,9-13,18H2,1H3,(H,19,20);1H/t15-;/m0./s1. The summed E-state index contributed by atoms with van der Waals surface area (Å²) in [6.45, 7) is 0.721. The number of rotatable bonds is 8. The normalized spacial score (nSPS) is 17.3. The van der Waals surface area contributed by atoms with Crippen molar-refractivity contribution in [3.63, 3.8) is 0 Å². The number of nitrogens with two attached hydrogens (primary N) is 1. The summed E-state index contributed by atoms with van der Waals surface area (Å²) in [4.78, 5) is 13.4. The lowest BCUT2D eigenvalue weighted by molar-refractivity contribution is -0.122. The molecule has 0 aliphatic heterocycles. The van der Waals surface area contributed by atoms with Gasteiger partial charge in [-0.2, -0.15) is 11.8 Å². The maximum absolute atomic E-state index is 12.1. The molecule has 1 aliphatic rings. The van der Waals surface area contributed by atoms with E-state index in [0.29, 0.717) is 0 Å². The van der Waals surface area contributed by atoms with Crippen molar-refractivity contribution in [3.8, 4) is 0 Å². The number of benzene rings is 1. The quantitative estimate of drug-likeness (QED) is 0.728. The molecule has 1 aromatic rings. The molecule has 0 saturated heterocycles. The van der Waals surface area contributed by atoms with Gasteiger partial charge in [0.2, 0.25) is 5.91 Å². The molecule has 1 amide bonds. The lowest BCUT2D eigenvalue weighted by Crippen LogP contribution is -2.46. The van der Waals surface area contributed by atoms with Crippen LogP contribution in [0.2, 0.25) is 0 Å². The zero-order valence-electron chi connectivity index (χ0n) is 13.6. The van der Waals surface area contributed by atoms with Gasteiger partial charge in [-0.1, -0.05) is 31.0 Å². The average molecular weight is 375 g/mol. The number of nitrogens with one attached hydrogen (secondary N) is 1. The van der Waals surface area contributed by atoms with Gasteiger partial charge in [-0.25, -0.2) is 0 Å². The lowest BCUT2D eigenvalue weighted by Gasteiger charge is -2.29. The molecule has 0 spiro atoms. The molecule has 0 bridgehead atoms. The van der Waals surface area contributed by atoms with Gasteiger partial charge in [-0.3, -0.25) is 4.79 Å². The Labute approximate surface area is 154 Å². The minimum Gasteiger partial charge on any atom is -0.353 e. The van der Waals surface area contributed by atoms with E-state index < -0.39 is 0 Å². The summed E-state index contributed by atoms with van der Waals surface area (Å²) >= 11 is 3.64. The van der Waals surface area contributed by atoms with Crippen LogP contribution in [0.25, 0.3) is 0 Å². The number of carbonyl (C=O) groups excluding carboxylic acids is 1. The van der Waals surface area contributed by atoms with Crippen LogP contribution in [-0.4, -0.2) is 35.2 Å². The van der Waals surface area contributed by atoms with Crippen molar-refractivity contribution >= 4 is 41.8 Å². The van der Waals surface area contributed by atoms with Gasteiger partial charge >= 0.3 is 0 Å². The van der Waals surface area contributed by atoms with Crippen molar-refractivity contribution in [2.24, 2.45) is 5.73 Å². The van der Waals surface area contributed by atoms with Crippen LogP contribution >= 0.6 is 35.9 Å². The zero-order chi connectivity index (χ0) is 15.8. The number of amides is 1. The monoisotopic (exact) mass is 374 g/mol. The summed E-state index contributed by atoms with van der Waals surface area (Å²) in [6, 6.07) is 10.1. The van der Waals surface area contributed by atoms with Crippen molar-refractivity contribution in [2.45, 2.75) is 47.8 Å². The van der Waals surface area contributed by atoms with Crippen molar-refractivity contribution in [1.29, 1.82) is 0 Å². The van der Waals surface area contributed by atoms with Crippen LogP contribution in [-0.2, 0) is 4.79 Å². The Morgan fingerprint density at radius 3 is 2.57 bits per heavy atom. The van der Waals surface area contributed by atoms with Gasteiger partial charge in [0, 0.05) is 16.2 Å². The van der Waals surface area contributed by atoms with E-state index in [2.05, 4.69) is 29.6 Å². The van der Waals surface area contributed by atoms with Crippen molar-refractivity contribution in [3.05, 3.63) is 30.3 Å². The Balaban J connectivity index is 0.00000264. The molecule has 0 aromatic heterocycles. The summed E-state index contributed by atoms with van der Waals surface area (Å²) in [6.07, 6.45) is 7.59. The molecule has 1 fully saturated rings. The number of hydrogen-bond acceptors (Lipinski definition) is 4. The molecule has 1 aliphatic carbocycles. The molecule has 1 atom stereocenters. The van der Waals surface area contributed by atoms with E-state index in [0.717, 1.165) is 31.6 Å². The fourth-order valence-electron chi connectivity index (χ4n) is 2.83. The Kier molecular flexibility index (Phi) is 9.44. The highest BCUT2D eigenvalue weighted by Gasteiger charge is 2.35. The molecule has 2 rings (SSSR count). The van der Waals surface area contributed by atoms with E-state index >= 15 is 0 Å². The molecule has 0 heterocycles. The Hall–Kier alpha value is -0.360. The maximum Gasteiger partial charge on any atom is 0.236 e. The lowest BCUT2D eigenvalue weighted by atomic mass is 10.1. The van der Waals surface area contributed by atoms with Gasteiger partial charge in [-0.05, 0) is 43.4 Å². The van der Waals surface area contributed by atoms with E-state index in [1.54, 1.807) is 11.8 Å². The third kappa shape index (κ3) is 6.57. The Morgan fingerprint density at radius 2 is 1.96 bits per heavy atom. The highest BCUT2D eigenvalue weighted by molar-refractivity contribution is 8.00. The van der Waals surface area contributed by atoms with Gasteiger partial charge in [0.25, 0.3) is 0 Å². The molecule has 1 saturated carbocycles. The van der Waals surface area contributed by atoms with Crippen molar-refractivity contribution in [2.75, 3.05) is 18.6 Å². The average Bonchev–Trinajstić information content (AvgIpc) is 3.00. The van der Waals surface area contributed by atoms with Crippen LogP contribution in [0.1, 0.15) is 32.1 Å². The minimum absolute atomic E-state index is 0. The molecular formula is C17H27ClN2OS2. The number of carbonyl (C=O) groups is 1. The van der Waals surface area contributed by atoms with Gasteiger partial charge in [0.05, 0.1) is 6.04 Å². The van der Waals surface area contributed by atoms with Crippen LogP contribution in [0.3, 0.4) is 0 Å². The van der Waals surface area contributed by atoms with Gasteiger partial charge in [-0.15, -0.1) is 24.2 Å². The summed E-state index contributed by atoms with van der Waals surface area (Å²) < 4.78 is 0.135. The fraction of sp³-hybridized carbons (Fsp3) is 0.588. The third-order valence-corrected chi connectivity index (χ3v) is 6.28. The molecule has 130 valence electrons. The van der Waals surface area contributed by atoms with E-state index in [1.165, 1.54) is 17.7 Å². The van der Waals surface area contributed by atoms with E-state index in [4.69, 9.17) is 5.73 Å². The molecule has 1 aromatic carbocycles. The zero-order valence-corrected chi connectivity index (χ0v) is 16.1. The Morgan fingerprint density at radius 1 is 1.30 bits per heavy atom. The first-order valence-corrected chi connectivity index (χ1v) is 10.1. The summed E-state index contributed by atoms with van der Waals surface area (Å²) in [5.41, 5.74) is 5.95. The van der Waals surface area contributed by atoms with Gasteiger partial charge in [0.15, 0.2) is 0 Å². The van der Waals surface area contributed by atoms with Crippen LogP contribution in [0, 0.1) is 0 Å².